The average molecular weight is 172 g/mol. The van der Waals surface area contributed by atoms with Crippen LogP contribution in [0.2, 0.25) is 0 Å². The van der Waals surface area contributed by atoms with Gasteiger partial charge in [-0.3, -0.25) is 0 Å². The van der Waals surface area contributed by atoms with Gasteiger partial charge in [0.2, 0.25) is 0 Å². The van der Waals surface area contributed by atoms with Crippen LogP contribution < -0.4 is 5.73 Å². The van der Waals surface area contributed by atoms with Crippen molar-refractivity contribution >= 4 is 0 Å². The molecular weight excluding hydrogens is 148 g/mol. The van der Waals surface area contributed by atoms with Gasteiger partial charge in [0.05, 0.1) is 0 Å². The van der Waals surface area contributed by atoms with Crippen LogP contribution in [0.4, 0.5) is 0 Å². The van der Waals surface area contributed by atoms with Gasteiger partial charge in [0.15, 0.2) is 0 Å². The van der Waals surface area contributed by atoms with E-state index in [4.69, 9.17) is 5.73 Å². The van der Waals surface area contributed by atoms with E-state index in [9.17, 15) is 0 Å². The van der Waals surface area contributed by atoms with Crippen LogP contribution in [-0.4, -0.2) is 30.6 Å². The molecule has 1 rings (SSSR count). The Morgan fingerprint density at radius 2 is 1.75 bits per heavy atom. The second-order valence-electron chi connectivity index (χ2n) is 3.67. The predicted octanol–water partition coefficient (Wildman–Crippen LogP) is 1.70. The highest BCUT2D eigenvalue weighted by molar-refractivity contribution is 4.83. The van der Waals surface area contributed by atoms with Gasteiger partial charge in [-0.1, -0.05) is 20.8 Å². The summed E-state index contributed by atoms with van der Waals surface area (Å²) < 4.78 is 0. The molecule has 0 aromatic heterocycles. The lowest BCUT2D eigenvalue weighted by Gasteiger charge is -2.37. The Morgan fingerprint density at radius 3 is 2.17 bits per heavy atom. The Kier molecular flexibility index (Phi) is 5.51. The first-order valence-corrected chi connectivity index (χ1v) is 5.07. The van der Waals surface area contributed by atoms with E-state index in [1.165, 1.54) is 0 Å². The standard InChI is InChI=1S/C8H18N2.C2H6/c1-6-5-10(3)7(2)4-8(6)9;1-2/h6-8H,4-5,9H2,1-3H3;1-2H3. The van der Waals surface area contributed by atoms with Gasteiger partial charge >= 0.3 is 0 Å². The van der Waals surface area contributed by atoms with Crippen LogP contribution in [0, 0.1) is 5.92 Å². The van der Waals surface area contributed by atoms with Gasteiger partial charge in [0.1, 0.15) is 0 Å². The molecule has 0 radical (unpaired) electrons. The van der Waals surface area contributed by atoms with Crippen molar-refractivity contribution in [3.05, 3.63) is 0 Å². The molecule has 74 valence electrons. The third-order valence-electron chi connectivity index (χ3n) is 2.67. The van der Waals surface area contributed by atoms with Crippen LogP contribution in [0.25, 0.3) is 0 Å². The largest absolute Gasteiger partial charge is 0.327 e. The van der Waals surface area contributed by atoms with Gasteiger partial charge in [0, 0.05) is 18.6 Å². The van der Waals surface area contributed by atoms with Crippen molar-refractivity contribution in [1.29, 1.82) is 0 Å². The van der Waals surface area contributed by atoms with E-state index in [0.29, 0.717) is 18.0 Å². The molecule has 0 aromatic carbocycles. The van der Waals surface area contributed by atoms with E-state index in [-0.39, 0.29) is 0 Å². The smallest absolute Gasteiger partial charge is 0.00915 e. The highest BCUT2D eigenvalue weighted by Gasteiger charge is 2.25. The Morgan fingerprint density at radius 1 is 1.25 bits per heavy atom. The van der Waals surface area contributed by atoms with E-state index in [1.54, 1.807) is 0 Å². The quantitative estimate of drug-likeness (QED) is 0.602. The first kappa shape index (κ1) is 11.9. The molecule has 2 N–H and O–H groups in total. The molecule has 1 aliphatic rings. The molecule has 0 spiro atoms. The van der Waals surface area contributed by atoms with Gasteiger partial charge in [0.25, 0.3) is 0 Å². The highest BCUT2D eigenvalue weighted by atomic mass is 15.1. The summed E-state index contributed by atoms with van der Waals surface area (Å²) in [5.41, 5.74) is 5.90. The second-order valence-corrected chi connectivity index (χ2v) is 3.67. The molecule has 0 amide bonds. The highest BCUT2D eigenvalue weighted by Crippen LogP contribution is 2.18. The maximum atomic E-state index is 5.90. The van der Waals surface area contributed by atoms with Gasteiger partial charge in [-0.25, -0.2) is 0 Å². The summed E-state index contributed by atoms with van der Waals surface area (Å²) in [6.07, 6.45) is 1.15. The van der Waals surface area contributed by atoms with E-state index >= 15 is 0 Å². The lowest BCUT2D eigenvalue weighted by Crippen LogP contribution is -2.48. The molecule has 1 saturated heterocycles. The minimum absolute atomic E-state index is 0.422. The topological polar surface area (TPSA) is 29.3 Å². The molecule has 12 heavy (non-hydrogen) atoms. The average Bonchev–Trinajstić information content (AvgIpc) is 2.05. The molecule has 1 aliphatic heterocycles. The molecule has 2 heteroatoms. The summed E-state index contributed by atoms with van der Waals surface area (Å²) in [5.74, 6) is 0.668. The summed E-state index contributed by atoms with van der Waals surface area (Å²) in [6.45, 7) is 9.63. The number of likely N-dealkylation sites (tertiary alicyclic amines) is 1. The van der Waals surface area contributed by atoms with Gasteiger partial charge in [-0.15, -0.1) is 0 Å². The molecule has 2 nitrogen and oxygen atoms in total. The fourth-order valence-electron chi connectivity index (χ4n) is 1.58. The summed E-state index contributed by atoms with van der Waals surface area (Å²) in [7, 11) is 2.17. The fraction of sp³-hybridized carbons (Fsp3) is 1.00. The van der Waals surface area contributed by atoms with E-state index in [2.05, 4.69) is 25.8 Å². The third-order valence-corrected chi connectivity index (χ3v) is 2.67. The third kappa shape index (κ3) is 3.11. The van der Waals surface area contributed by atoms with Crippen molar-refractivity contribution in [1.82, 2.24) is 4.90 Å². The molecule has 0 saturated carbocycles. The molecule has 3 unspecified atom stereocenters. The summed E-state index contributed by atoms with van der Waals surface area (Å²) in [4.78, 5) is 2.38. The van der Waals surface area contributed by atoms with Crippen molar-refractivity contribution in [3.63, 3.8) is 0 Å². The first-order valence-electron chi connectivity index (χ1n) is 5.07. The minimum Gasteiger partial charge on any atom is -0.327 e. The Balaban J connectivity index is 0.000000561. The summed E-state index contributed by atoms with van der Waals surface area (Å²) >= 11 is 0. The normalized spacial score (nSPS) is 37.0. The van der Waals surface area contributed by atoms with Crippen molar-refractivity contribution in [3.8, 4) is 0 Å². The minimum atomic E-state index is 0.422. The lowest BCUT2D eigenvalue weighted by molar-refractivity contribution is 0.138. The maximum Gasteiger partial charge on any atom is 0.00915 e. The Hall–Kier alpha value is -0.0800. The van der Waals surface area contributed by atoms with E-state index in [0.717, 1.165) is 13.0 Å². The van der Waals surface area contributed by atoms with Crippen LogP contribution in [0.3, 0.4) is 0 Å². The zero-order valence-electron chi connectivity index (χ0n) is 9.17. The predicted molar refractivity (Wildman–Crippen MR) is 55.2 cm³/mol. The number of nitrogens with two attached hydrogens (primary N) is 1. The number of piperidine rings is 1. The van der Waals surface area contributed by atoms with Crippen molar-refractivity contribution < 1.29 is 0 Å². The molecule has 3 atom stereocenters. The summed E-state index contributed by atoms with van der Waals surface area (Å²) in [5, 5.41) is 0. The first-order chi connectivity index (χ1) is 5.61. The fourth-order valence-corrected chi connectivity index (χ4v) is 1.58. The van der Waals surface area contributed by atoms with Gasteiger partial charge in [-0.2, -0.15) is 0 Å². The van der Waals surface area contributed by atoms with Crippen LogP contribution in [0.15, 0.2) is 0 Å². The van der Waals surface area contributed by atoms with Crippen LogP contribution in [-0.2, 0) is 0 Å². The van der Waals surface area contributed by atoms with Crippen molar-refractivity contribution in [2.24, 2.45) is 11.7 Å². The zero-order chi connectivity index (χ0) is 9.72. The monoisotopic (exact) mass is 172 g/mol. The Labute approximate surface area is 77.1 Å². The number of hydrogen-bond acceptors (Lipinski definition) is 2. The van der Waals surface area contributed by atoms with E-state index < -0.39 is 0 Å². The van der Waals surface area contributed by atoms with Gasteiger partial charge < -0.3 is 10.6 Å². The molecule has 0 bridgehead atoms. The summed E-state index contributed by atoms with van der Waals surface area (Å²) in [6, 6.07) is 1.09. The number of rotatable bonds is 0. The number of hydrogen-bond donors (Lipinski definition) is 1. The zero-order valence-corrected chi connectivity index (χ0v) is 9.17. The maximum absolute atomic E-state index is 5.90. The van der Waals surface area contributed by atoms with Crippen molar-refractivity contribution in [2.75, 3.05) is 13.6 Å². The van der Waals surface area contributed by atoms with Gasteiger partial charge in [-0.05, 0) is 26.3 Å². The lowest BCUT2D eigenvalue weighted by atomic mass is 9.91. The van der Waals surface area contributed by atoms with Crippen LogP contribution in [0.5, 0.6) is 0 Å². The van der Waals surface area contributed by atoms with Crippen LogP contribution in [0.1, 0.15) is 34.1 Å². The van der Waals surface area contributed by atoms with Crippen LogP contribution >= 0.6 is 0 Å². The molecule has 0 aliphatic carbocycles. The molecular formula is C10H24N2. The number of nitrogens with zero attached hydrogens (tertiary/aromatic N) is 1. The Bertz CT molecular complexity index is 88.4. The molecule has 0 aromatic rings. The van der Waals surface area contributed by atoms with E-state index in [1.807, 2.05) is 13.8 Å². The second kappa shape index (κ2) is 5.55. The van der Waals surface area contributed by atoms with Crippen molar-refractivity contribution in [2.45, 2.75) is 46.2 Å². The molecule has 1 heterocycles. The SMILES string of the molecule is CC.CC1CN(C)C(C)CC1N. The molecule has 1 fully saturated rings.